The second kappa shape index (κ2) is 2.68. The van der Waals surface area contributed by atoms with Gasteiger partial charge < -0.3 is 5.11 Å². The quantitative estimate of drug-likeness (QED) is 0.618. The van der Waals surface area contributed by atoms with Gasteiger partial charge in [0, 0.05) is 0 Å². The van der Waals surface area contributed by atoms with Crippen molar-refractivity contribution in [3.8, 4) is 0 Å². The standard InChI is InChI=1S/C9H14O2/c1-9(2,8(10)11)7-5-3-4-6-7/h3-4,7H,5-6H2,1-2H3,(H,10,11). The van der Waals surface area contributed by atoms with Gasteiger partial charge in [0.05, 0.1) is 5.41 Å². The third kappa shape index (κ3) is 1.44. The Morgan fingerprint density at radius 2 is 1.91 bits per heavy atom. The Morgan fingerprint density at radius 1 is 1.45 bits per heavy atom. The second-order valence-corrected chi connectivity index (χ2v) is 3.67. The van der Waals surface area contributed by atoms with Crippen molar-refractivity contribution in [2.24, 2.45) is 11.3 Å². The lowest BCUT2D eigenvalue weighted by molar-refractivity contribution is -0.149. The Balaban J connectivity index is 2.65. The van der Waals surface area contributed by atoms with Crippen LogP contribution in [-0.4, -0.2) is 11.1 Å². The Morgan fingerprint density at radius 3 is 2.27 bits per heavy atom. The highest BCUT2D eigenvalue weighted by atomic mass is 16.4. The van der Waals surface area contributed by atoms with Gasteiger partial charge in [-0.1, -0.05) is 12.2 Å². The fourth-order valence-electron chi connectivity index (χ4n) is 1.38. The normalized spacial score (nSPS) is 19.1. The fraction of sp³-hybridized carbons (Fsp3) is 0.667. The van der Waals surface area contributed by atoms with Crippen molar-refractivity contribution in [3.05, 3.63) is 12.2 Å². The lowest BCUT2D eigenvalue weighted by Gasteiger charge is -2.26. The zero-order valence-electron chi connectivity index (χ0n) is 7.00. The van der Waals surface area contributed by atoms with Crippen LogP contribution in [-0.2, 0) is 4.79 Å². The smallest absolute Gasteiger partial charge is 0.309 e. The summed E-state index contributed by atoms with van der Waals surface area (Å²) in [5, 5.41) is 8.87. The van der Waals surface area contributed by atoms with Crippen LogP contribution in [0.1, 0.15) is 26.7 Å². The molecule has 62 valence electrons. The van der Waals surface area contributed by atoms with E-state index < -0.39 is 11.4 Å². The lowest BCUT2D eigenvalue weighted by Crippen LogP contribution is -2.31. The summed E-state index contributed by atoms with van der Waals surface area (Å²) in [6.07, 6.45) is 5.96. The van der Waals surface area contributed by atoms with Gasteiger partial charge in [0.25, 0.3) is 0 Å². The molecule has 2 heteroatoms. The number of allylic oxidation sites excluding steroid dienone is 2. The average molecular weight is 154 g/mol. The topological polar surface area (TPSA) is 37.3 Å². The van der Waals surface area contributed by atoms with Gasteiger partial charge >= 0.3 is 5.97 Å². The Labute approximate surface area is 66.9 Å². The summed E-state index contributed by atoms with van der Waals surface area (Å²) in [5.74, 6) is -0.397. The number of aliphatic carboxylic acids is 1. The molecule has 0 spiro atoms. The number of hydrogen-bond acceptors (Lipinski definition) is 1. The summed E-state index contributed by atoms with van der Waals surface area (Å²) in [4.78, 5) is 10.8. The highest BCUT2D eigenvalue weighted by Crippen LogP contribution is 2.36. The molecule has 0 aromatic rings. The maximum Gasteiger partial charge on any atom is 0.309 e. The van der Waals surface area contributed by atoms with Crippen molar-refractivity contribution in [1.82, 2.24) is 0 Å². The molecule has 0 bridgehead atoms. The van der Waals surface area contributed by atoms with E-state index in [0.29, 0.717) is 5.92 Å². The first kappa shape index (κ1) is 8.31. The van der Waals surface area contributed by atoms with Crippen molar-refractivity contribution in [3.63, 3.8) is 0 Å². The van der Waals surface area contributed by atoms with Crippen LogP contribution in [0, 0.1) is 11.3 Å². The predicted octanol–water partition coefficient (Wildman–Crippen LogP) is 2.06. The molecule has 1 rings (SSSR count). The van der Waals surface area contributed by atoms with Crippen molar-refractivity contribution >= 4 is 5.97 Å². The Hall–Kier alpha value is -0.790. The van der Waals surface area contributed by atoms with Crippen LogP contribution in [0.15, 0.2) is 12.2 Å². The molecule has 1 N–H and O–H groups in total. The van der Waals surface area contributed by atoms with Crippen LogP contribution in [0.5, 0.6) is 0 Å². The summed E-state index contributed by atoms with van der Waals surface area (Å²) < 4.78 is 0. The van der Waals surface area contributed by atoms with Crippen LogP contribution >= 0.6 is 0 Å². The van der Waals surface area contributed by atoms with Gasteiger partial charge in [-0.15, -0.1) is 0 Å². The van der Waals surface area contributed by atoms with E-state index >= 15 is 0 Å². The summed E-state index contributed by atoms with van der Waals surface area (Å²) in [5.41, 5.74) is -0.566. The molecule has 0 amide bonds. The highest BCUT2D eigenvalue weighted by Gasteiger charge is 2.36. The molecule has 11 heavy (non-hydrogen) atoms. The van der Waals surface area contributed by atoms with Crippen LogP contribution in [0.4, 0.5) is 0 Å². The van der Waals surface area contributed by atoms with Gasteiger partial charge in [0.2, 0.25) is 0 Å². The summed E-state index contributed by atoms with van der Waals surface area (Å²) >= 11 is 0. The number of rotatable bonds is 2. The van der Waals surface area contributed by atoms with E-state index in [1.54, 1.807) is 13.8 Å². The number of hydrogen-bond donors (Lipinski definition) is 1. The van der Waals surface area contributed by atoms with E-state index in [1.165, 1.54) is 0 Å². The minimum absolute atomic E-state index is 0.292. The highest BCUT2D eigenvalue weighted by molar-refractivity contribution is 5.74. The monoisotopic (exact) mass is 154 g/mol. The van der Waals surface area contributed by atoms with Crippen molar-refractivity contribution in [1.29, 1.82) is 0 Å². The molecule has 0 heterocycles. The molecule has 2 nitrogen and oxygen atoms in total. The van der Waals surface area contributed by atoms with Gasteiger partial charge in [0.1, 0.15) is 0 Å². The van der Waals surface area contributed by atoms with E-state index in [2.05, 4.69) is 12.2 Å². The molecule has 0 saturated heterocycles. The molecule has 0 unspecified atom stereocenters. The zero-order valence-corrected chi connectivity index (χ0v) is 7.00. The predicted molar refractivity (Wildman–Crippen MR) is 43.3 cm³/mol. The molecule has 0 fully saturated rings. The molecule has 0 aromatic carbocycles. The van der Waals surface area contributed by atoms with E-state index in [1.807, 2.05) is 0 Å². The minimum atomic E-state index is -0.689. The first-order valence-corrected chi connectivity index (χ1v) is 3.93. The molecule has 0 saturated carbocycles. The largest absolute Gasteiger partial charge is 0.481 e. The van der Waals surface area contributed by atoms with Gasteiger partial charge in [-0.2, -0.15) is 0 Å². The second-order valence-electron chi connectivity index (χ2n) is 3.67. The van der Waals surface area contributed by atoms with Crippen molar-refractivity contribution in [2.45, 2.75) is 26.7 Å². The van der Waals surface area contributed by atoms with E-state index in [-0.39, 0.29) is 0 Å². The molecule has 0 radical (unpaired) electrons. The molecule has 1 aliphatic carbocycles. The van der Waals surface area contributed by atoms with E-state index in [9.17, 15) is 4.79 Å². The van der Waals surface area contributed by atoms with Gasteiger partial charge in [-0.05, 0) is 32.6 Å². The zero-order chi connectivity index (χ0) is 8.48. The number of carbonyl (C=O) groups is 1. The summed E-state index contributed by atoms with van der Waals surface area (Å²) in [7, 11) is 0. The Kier molecular flexibility index (Phi) is 2.03. The van der Waals surface area contributed by atoms with E-state index in [0.717, 1.165) is 12.8 Å². The van der Waals surface area contributed by atoms with Gasteiger partial charge in [0.15, 0.2) is 0 Å². The molecule has 0 aliphatic heterocycles. The fourth-order valence-corrected chi connectivity index (χ4v) is 1.38. The first-order chi connectivity index (χ1) is 5.05. The van der Waals surface area contributed by atoms with Crippen LogP contribution in [0.25, 0.3) is 0 Å². The SMILES string of the molecule is CC(C)(C(=O)O)C1CC=CC1. The van der Waals surface area contributed by atoms with Crippen molar-refractivity contribution in [2.75, 3.05) is 0 Å². The molecular weight excluding hydrogens is 140 g/mol. The molecule has 0 aromatic heterocycles. The summed E-state index contributed by atoms with van der Waals surface area (Å²) in [6, 6.07) is 0. The lowest BCUT2D eigenvalue weighted by atomic mass is 9.77. The molecule has 0 atom stereocenters. The first-order valence-electron chi connectivity index (χ1n) is 3.93. The van der Waals surface area contributed by atoms with E-state index in [4.69, 9.17) is 5.11 Å². The maximum absolute atomic E-state index is 10.8. The van der Waals surface area contributed by atoms with Gasteiger partial charge in [-0.25, -0.2) is 0 Å². The number of carboxylic acids is 1. The van der Waals surface area contributed by atoms with Crippen LogP contribution in [0.2, 0.25) is 0 Å². The average Bonchev–Trinajstić information content (AvgIpc) is 2.37. The maximum atomic E-state index is 10.8. The summed E-state index contributed by atoms with van der Waals surface area (Å²) in [6.45, 7) is 3.60. The third-order valence-corrected chi connectivity index (χ3v) is 2.58. The third-order valence-electron chi connectivity index (χ3n) is 2.58. The van der Waals surface area contributed by atoms with Crippen LogP contribution in [0.3, 0.4) is 0 Å². The Bertz CT molecular complexity index is 184. The molecular formula is C9H14O2. The van der Waals surface area contributed by atoms with Crippen LogP contribution < -0.4 is 0 Å². The van der Waals surface area contributed by atoms with Gasteiger partial charge in [-0.3, -0.25) is 4.79 Å². The van der Waals surface area contributed by atoms with Crippen molar-refractivity contribution < 1.29 is 9.90 Å². The number of carboxylic acid groups (broad SMARTS) is 1. The minimum Gasteiger partial charge on any atom is -0.481 e. The molecule has 1 aliphatic rings.